The van der Waals surface area contributed by atoms with Crippen molar-refractivity contribution < 1.29 is 9.84 Å². The molecule has 0 radical (unpaired) electrons. The summed E-state index contributed by atoms with van der Waals surface area (Å²) in [5.74, 6) is 0.758. The highest BCUT2D eigenvalue weighted by molar-refractivity contribution is 14.0. The summed E-state index contributed by atoms with van der Waals surface area (Å²) in [5.41, 5.74) is 1.42. The van der Waals surface area contributed by atoms with Crippen LogP contribution in [0.1, 0.15) is 50.7 Å². The predicted octanol–water partition coefficient (Wildman–Crippen LogP) is 3.20. The molecule has 1 unspecified atom stereocenters. The summed E-state index contributed by atoms with van der Waals surface area (Å²) in [5, 5.41) is 17.5. The Morgan fingerprint density at radius 3 is 2.73 bits per heavy atom. The fourth-order valence-electron chi connectivity index (χ4n) is 3.11. The number of aryl methyl sites for hydroxylation is 1. The van der Waals surface area contributed by atoms with Gasteiger partial charge in [0.05, 0.1) is 6.54 Å². The van der Waals surface area contributed by atoms with Crippen LogP contribution in [0.4, 0.5) is 0 Å². The molecule has 0 spiro atoms. The summed E-state index contributed by atoms with van der Waals surface area (Å²) in [6.07, 6.45) is 4.89. The van der Waals surface area contributed by atoms with E-state index < -0.39 is 5.60 Å². The Hall–Kier alpha value is -0.860. The van der Waals surface area contributed by atoms with E-state index in [0.717, 1.165) is 63.5 Å². The molecular weight excluding hydrogens is 441 g/mol. The van der Waals surface area contributed by atoms with Crippen molar-refractivity contribution in [3.8, 4) is 0 Å². The number of benzene rings is 1. The van der Waals surface area contributed by atoms with E-state index in [0.29, 0.717) is 6.54 Å². The molecule has 1 atom stereocenters. The Balaban J connectivity index is 0.00000338. The van der Waals surface area contributed by atoms with Gasteiger partial charge in [-0.05, 0) is 43.7 Å². The van der Waals surface area contributed by atoms with Gasteiger partial charge in [-0.1, -0.05) is 37.6 Å². The molecular formula is C20H34IN3O2. The smallest absolute Gasteiger partial charge is 0.191 e. The third-order valence-corrected chi connectivity index (χ3v) is 4.57. The standard InChI is InChI=1S/C20H33N3O2.HI/c1-3-5-14-25-15-8-13-22-19(21-4-2)23-16-20(24)12-11-17-9-6-7-10-18(17)20;/h6-7,9-10,24H,3-5,8,11-16H2,1-2H3,(H2,21,22,23);1H. The van der Waals surface area contributed by atoms with Crippen LogP contribution in [-0.2, 0) is 16.8 Å². The molecule has 0 bridgehead atoms. The van der Waals surface area contributed by atoms with E-state index >= 15 is 0 Å². The molecule has 0 aromatic heterocycles. The SMILES string of the molecule is CCCCOCCCNC(=NCC1(O)CCc2ccccc21)NCC.I. The van der Waals surface area contributed by atoms with Crippen LogP contribution >= 0.6 is 24.0 Å². The van der Waals surface area contributed by atoms with Crippen LogP contribution < -0.4 is 10.6 Å². The van der Waals surface area contributed by atoms with E-state index in [1.54, 1.807) is 0 Å². The number of halogens is 1. The molecule has 5 nitrogen and oxygen atoms in total. The molecule has 1 aromatic carbocycles. The zero-order valence-corrected chi connectivity index (χ0v) is 18.4. The molecule has 26 heavy (non-hydrogen) atoms. The highest BCUT2D eigenvalue weighted by Gasteiger charge is 2.36. The molecule has 3 N–H and O–H groups in total. The fourth-order valence-corrected chi connectivity index (χ4v) is 3.11. The molecule has 1 aliphatic rings. The van der Waals surface area contributed by atoms with E-state index in [4.69, 9.17) is 4.74 Å². The number of nitrogens with one attached hydrogen (secondary N) is 2. The van der Waals surface area contributed by atoms with Gasteiger partial charge in [0.15, 0.2) is 5.96 Å². The maximum atomic E-state index is 11.0. The number of guanidine groups is 1. The normalized spacial score (nSPS) is 19.0. The van der Waals surface area contributed by atoms with Crippen molar-refractivity contribution in [2.75, 3.05) is 32.8 Å². The van der Waals surface area contributed by atoms with Crippen molar-refractivity contribution in [2.45, 2.75) is 51.6 Å². The number of hydrogen-bond acceptors (Lipinski definition) is 3. The predicted molar refractivity (Wildman–Crippen MR) is 118 cm³/mol. The van der Waals surface area contributed by atoms with Gasteiger partial charge < -0.3 is 20.5 Å². The number of rotatable bonds is 10. The first-order valence-electron chi connectivity index (χ1n) is 9.60. The number of ether oxygens (including phenoxy) is 1. The number of fused-ring (bicyclic) bond motifs is 1. The number of aliphatic imine (C=N–C) groups is 1. The van der Waals surface area contributed by atoms with Crippen molar-refractivity contribution in [3.05, 3.63) is 35.4 Å². The third-order valence-electron chi connectivity index (χ3n) is 4.57. The van der Waals surface area contributed by atoms with Gasteiger partial charge in [0.2, 0.25) is 0 Å². The Bertz CT molecular complexity index is 554. The van der Waals surface area contributed by atoms with Gasteiger partial charge in [-0.3, -0.25) is 0 Å². The number of hydrogen-bond donors (Lipinski definition) is 3. The van der Waals surface area contributed by atoms with Crippen molar-refractivity contribution in [1.82, 2.24) is 10.6 Å². The molecule has 0 aliphatic heterocycles. The Kier molecular flexibility index (Phi) is 11.2. The van der Waals surface area contributed by atoms with Crippen LogP contribution in [0.2, 0.25) is 0 Å². The van der Waals surface area contributed by atoms with Crippen LogP contribution in [-0.4, -0.2) is 43.9 Å². The lowest BCUT2D eigenvalue weighted by atomic mass is 9.96. The summed E-state index contributed by atoms with van der Waals surface area (Å²) in [6, 6.07) is 8.13. The van der Waals surface area contributed by atoms with Crippen LogP contribution in [0.5, 0.6) is 0 Å². The maximum absolute atomic E-state index is 11.0. The third kappa shape index (κ3) is 7.04. The second kappa shape index (κ2) is 12.5. The summed E-state index contributed by atoms with van der Waals surface area (Å²) in [6.45, 7) is 7.82. The van der Waals surface area contributed by atoms with E-state index in [1.807, 2.05) is 25.1 Å². The van der Waals surface area contributed by atoms with Gasteiger partial charge in [-0.2, -0.15) is 0 Å². The molecule has 6 heteroatoms. The van der Waals surface area contributed by atoms with Crippen molar-refractivity contribution in [2.24, 2.45) is 4.99 Å². The molecule has 2 rings (SSSR count). The molecule has 0 fully saturated rings. The van der Waals surface area contributed by atoms with Gasteiger partial charge in [0.1, 0.15) is 5.60 Å². The van der Waals surface area contributed by atoms with Gasteiger partial charge in [0, 0.05) is 26.3 Å². The lowest BCUT2D eigenvalue weighted by Gasteiger charge is -2.22. The minimum atomic E-state index is -0.845. The van der Waals surface area contributed by atoms with Crippen LogP contribution in [0.25, 0.3) is 0 Å². The molecule has 1 aliphatic carbocycles. The van der Waals surface area contributed by atoms with Crippen molar-refractivity contribution in [1.29, 1.82) is 0 Å². The molecule has 0 heterocycles. The summed E-state index contributed by atoms with van der Waals surface area (Å²) < 4.78 is 5.57. The first kappa shape index (κ1) is 23.2. The molecule has 148 valence electrons. The van der Waals surface area contributed by atoms with E-state index in [9.17, 15) is 5.11 Å². The molecule has 1 aromatic rings. The Morgan fingerprint density at radius 1 is 1.19 bits per heavy atom. The molecule has 0 saturated heterocycles. The zero-order valence-electron chi connectivity index (χ0n) is 16.1. The van der Waals surface area contributed by atoms with Crippen molar-refractivity contribution >= 4 is 29.9 Å². The monoisotopic (exact) mass is 475 g/mol. The lowest BCUT2D eigenvalue weighted by molar-refractivity contribution is 0.0485. The average Bonchev–Trinajstić information content (AvgIpc) is 2.97. The second-order valence-electron chi connectivity index (χ2n) is 6.63. The number of aliphatic hydroxyl groups is 1. The van der Waals surface area contributed by atoms with Gasteiger partial charge in [0.25, 0.3) is 0 Å². The quantitative estimate of drug-likeness (QED) is 0.211. The van der Waals surface area contributed by atoms with Crippen LogP contribution in [0, 0.1) is 0 Å². The fraction of sp³-hybridized carbons (Fsp3) is 0.650. The second-order valence-corrected chi connectivity index (χ2v) is 6.63. The summed E-state index contributed by atoms with van der Waals surface area (Å²) in [7, 11) is 0. The summed E-state index contributed by atoms with van der Waals surface area (Å²) in [4.78, 5) is 4.62. The van der Waals surface area contributed by atoms with Crippen LogP contribution in [0.3, 0.4) is 0 Å². The van der Waals surface area contributed by atoms with Gasteiger partial charge in [-0.25, -0.2) is 4.99 Å². The first-order chi connectivity index (χ1) is 12.2. The van der Waals surface area contributed by atoms with Gasteiger partial charge >= 0.3 is 0 Å². The largest absolute Gasteiger partial charge is 0.383 e. The Morgan fingerprint density at radius 2 is 1.96 bits per heavy atom. The number of nitrogens with zero attached hydrogens (tertiary/aromatic N) is 1. The molecule has 0 amide bonds. The average molecular weight is 475 g/mol. The first-order valence-corrected chi connectivity index (χ1v) is 9.60. The van der Waals surface area contributed by atoms with E-state index in [2.05, 4.69) is 28.6 Å². The maximum Gasteiger partial charge on any atom is 0.191 e. The minimum Gasteiger partial charge on any atom is -0.383 e. The topological polar surface area (TPSA) is 65.9 Å². The van der Waals surface area contributed by atoms with Crippen molar-refractivity contribution in [3.63, 3.8) is 0 Å². The highest BCUT2D eigenvalue weighted by Crippen LogP contribution is 2.36. The summed E-state index contributed by atoms with van der Waals surface area (Å²) >= 11 is 0. The van der Waals surface area contributed by atoms with E-state index in [-0.39, 0.29) is 24.0 Å². The van der Waals surface area contributed by atoms with Crippen LogP contribution in [0.15, 0.2) is 29.3 Å². The molecule has 0 saturated carbocycles. The highest BCUT2D eigenvalue weighted by atomic mass is 127. The Labute approximate surface area is 175 Å². The number of unbranched alkanes of at least 4 members (excludes halogenated alkanes) is 1. The minimum absolute atomic E-state index is 0. The lowest BCUT2D eigenvalue weighted by Crippen LogP contribution is -2.39. The van der Waals surface area contributed by atoms with E-state index in [1.165, 1.54) is 12.0 Å². The zero-order chi connectivity index (χ0) is 18.0. The van der Waals surface area contributed by atoms with Gasteiger partial charge in [-0.15, -0.1) is 24.0 Å².